The van der Waals surface area contributed by atoms with Gasteiger partial charge in [0.2, 0.25) is 0 Å². The zero-order valence-electron chi connectivity index (χ0n) is 19.3. The Labute approximate surface area is 207 Å². The molecule has 0 aliphatic heterocycles. The van der Waals surface area contributed by atoms with Crippen LogP contribution >= 0.6 is 0 Å². The fourth-order valence-electron chi connectivity index (χ4n) is 3.41. The molecule has 0 saturated carbocycles. The molecule has 0 bridgehead atoms. The number of anilines is 2. The van der Waals surface area contributed by atoms with E-state index in [9.17, 15) is 18.0 Å². The minimum atomic E-state index is -4.27. The van der Waals surface area contributed by atoms with Gasteiger partial charge in [-0.05, 0) is 65.4 Å². The van der Waals surface area contributed by atoms with Crippen LogP contribution in [0, 0.1) is 0 Å². The maximum absolute atomic E-state index is 13.0. The molecule has 0 atom stereocenters. The van der Waals surface area contributed by atoms with Gasteiger partial charge in [-0.25, -0.2) is 9.59 Å². The van der Waals surface area contributed by atoms with Gasteiger partial charge in [-0.1, -0.05) is 30.3 Å². The van der Waals surface area contributed by atoms with Crippen molar-refractivity contribution in [1.29, 1.82) is 0 Å². The quantitative estimate of drug-likeness (QED) is 0.266. The molecule has 0 aromatic heterocycles. The molecule has 0 aliphatic carbocycles. The molecule has 4 aromatic rings. The number of ether oxygens (including phenoxy) is 2. The van der Waals surface area contributed by atoms with Crippen molar-refractivity contribution in [3.8, 4) is 11.5 Å². The van der Waals surface area contributed by atoms with E-state index in [4.69, 9.17) is 13.7 Å². The first-order chi connectivity index (χ1) is 17.3. The van der Waals surface area contributed by atoms with Gasteiger partial charge in [-0.3, -0.25) is 0 Å². The number of amides is 2. The highest BCUT2D eigenvalue weighted by molar-refractivity contribution is 7.87. The first-order valence-electron chi connectivity index (χ1n) is 10.7. The molecular formula is C26H22N2O7S. The number of urea groups is 1. The van der Waals surface area contributed by atoms with E-state index in [1.165, 1.54) is 37.4 Å². The first-order valence-corrected chi connectivity index (χ1v) is 12.1. The maximum atomic E-state index is 13.0. The number of hydrogen-bond acceptors (Lipinski definition) is 7. The van der Waals surface area contributed by atoms with Gasteiger partial charge in [0.1, 0.15) is 16.2 Å². The first kappa shape index (κ1) is 24.6. The van der Waals surface area contributed by atoms with E-state index in [1.54, 1.807) is 42.5 Å². The fourth-order valence-corrected chi connectivity index (χ4v) is 4.39. The second-order valence-corrected chi connectivity index (χ2v) is 9.10. The van der Waals surface area contributed by atoms with Crippen LogP contribution in [-0.2, 0) is 14.9 Å². The highest BCUT2D eigenvalue weighted by Gasteiger charge is 2.23. The average Bonchev–Trinajstić information content (AvgIpc) is 2.89. The molecule has 0 heterocycles. The molecule has 9 nitrogen and oxygen atoms in total. The van der Waals surface area contributed by atoms with Gasteiger partial charge < -0.3 is 24.3 Å². The Bertz CT molecular complexity index is 1530. The number of fused-ring (bicyclic) bond motifs is 1. The summed E-state index contributed by atoms with van der Waals surface area (Å²) in [6.07, 6.45) is 0. The summed E-state index contributed by atoms with van der Waals surface area (Å²) in [4.78, 5) is 24.7. The normalized spacial score (nSPS) is 10.9. The van der Waals surface area contributed by atoms with Crippen LogP contribution in [0.2, 0.25) is 0 Å². The molecule has 0 aliphatic rings. The van der Waals surface area contributed by atoms with Crippen molar-refractivity contribution < 1.29 is 31.7 Å². The van der Waals surface area contributed by atoms with Crippen molar-refractivity contribution in [3.63, 3.8) is 0 Å². The zero-order chi connectivity index (χ0) is 25.7. The molecule has 36 heavy (non-hydrogen) atoms. The van der Waals surface area contributed by atoms with Gasteiger partial charge in [-0.2, -0.15) is 8.42 Å². The topological polar surface area (TPSA) is 120 Å². The summed E-state index contributed by atoms with van der Waals surface area (Å²) in [5, 5.41) is 6.82. The predicted octanol–water partition coefficient (Wildman–Crippen LogP) is 5.05. The largest absolute Gasteiger partial charge is 0.497 e. The lowest BCUT2D eigenvalue weighted by Crippen LogP contribution is -2.20. The van der Waals surface area contributed by atoms with E-state index < -0.39 is 22.1 Å². The van der Waals surface area contributed by atoms with Crippen LogP contribution in [-0.4, -0.2) is 34.6 Å². The number of esters is 1. The molecule has 10 heteroatoms. The monoisotopic (exact) mass is 506 g/mol. The summed E-state index contributed by atoms with van der Waals surface area (Å²) < 4.78 is 41.1. The van der Waals surface area contributed by atoms with E-state index in [0.717, 1.165) is 17.9 Å². The highest BCUT2D eigenvalue weighted by atomic mass is 32.2. The third kappa shape index (κ3) is 5.56. The smallest absolute Gasteiger partial charge is 0.341 e. The second-order valence-electron chi connectivity index (χ2n) is 7.56. The SMILES string of the molecule is COC(=O)c1cc(NC(=O)Nc2ccc(OC)cc2)ccc1OS(=O)(=O)c1ccc2ccccc2c1. The molecule has 0 unspecified atom stereocenters. The van der Waals surface area contributed by atoms with Crippen molar-refractivity contribution in [1.82, 2.24) is 0 Å². The third-order valence-corrected chi connectivity index (χ3v) is 6.43. The van der Waals surface area contributed by atoms with Gasteiger partial charge in [-0.15, -0.1) is 0 Å². The standard InChI is InChI=1S/C26H22N2O7S/c1-33-21-11-8-19(9-12-21)27-26(30)28-20-10-14-24(23(16-20)25(29)34-2)35-36(31,32)22-13-7-17-5-3-4-6-18(17)15-22/h3-16H,1-2H3,(H2,27,28,30). The van der Waals surface area contributed by atoms with Gasteiger partial charge in [0, 0.05) is 11.4 Å². The Kier molecular flexibility index (Phi) is 7.07. The molecule has 0 radical (unpaired) electrons. The fraction of sp³-hybridized carbons (Fsp3) is 0.0769. The second kappa shape index (κ2) is 10.4. The molecule has 0 spiro atoms. The average molecular weight is 507 g/mol. The van der Waals surface area contributed by atoms with Gasteiger partial charge >= 0.3 is 22.1 Å². The molecule has 4 aromatic carbocycles. The summed E-state index contributed by atoms with van der Waals surface area (Å²) in [5.41, 5.74) is 0.559. The van der Waals surface area contributed by atoms with Crippen molar-refractivity contribution in [2.45, 2.75) is 4.90 Å². The Morgan fingerprint density at radius 1 is 0.750 bits per heavy atom. The van der Waals surface area contributed by atoms with E-state index in [2.05, 4.69) is 10.6 Å². The molecule has 0 saturated heterocycles. The lowest BCUT2D eigenvalue weighted by Gasteiger charge is -2.13. The van der Waals surface area contributed by atoms with Crippen molar-refractivity contribution in [2.24, 2.45) is 0 Å². The molecule has 2 N–H and O–H groups in total. The van der Waals surface area contributed by atoms with E-state index in [0.29, 0.717) is 11.4 Å². The Morgan fingerprint density at radius 2 is 1.42 bits per heavy atom. The Hall–Kier alpha value is -4.57. The van der Waals surface area contributed by atoms with Crippen LogP contribution < -0.4 is 19.6 Å². The summed E-state index contributed by atoms with van der Waals surface area (Å²) in [5.74, 6) is -0.438. The predicted molar refractivity (Wildman–Crippen MR) is 135 cm³/mol. The van der Waals surface area contributed by atoms with Crippen LogP contribution in [0.3, 0.4) is 0 Å². The van der Waals surface area contributed by atoms with E-state index in [-0.39, 0.29) is 21.9 Å². The lowest BCUT2D eigenvalue weighted by atomic mass is 10.1. The van der Waals surface area contributed by atoms with Crippen LogP contribution in [0.5, 0.6) is 11.5 Å². The third-order valence-electron chi connectivity index (χ3n) is 5.20. The van der Waals surface area contributed by atoms with Crippen molar-refractivity contribution >= 4 is 44.3 Å². The van der Waals surface area contributed by atoms with Gasteiger partial charge in [0.05, 0.1) is 14.2 Å². The lowest BCUT2D eigenvalue weighted by molar-refractivity contribution is 0.0599. The summed E-state index contributed by atoms with van der Waals surface area (Å²) in [6, 6.07) is 21.9. The Morgan fingerprint density at radius 3 is 2.11 bits per heavy atom. The number of methoxy groups -OCH3 is 2. The van der Waals surface area contributed by atoms with Crippen LogP contribution in [0.4, 0.5) is 16.2 Å². The highest BCUT2D eigenvalue weighted by Crippen LogP contribution is 2.28. The molecule has 0 fully saturated rings. The van der Waals surface area contributed by atoms with E-state index >= 15 is 0 Å². The summed E-state index contributed by atoms with van der Waals surface area (Å²) in [6.45, 7) is 0. The summed E-state index contributed by atoms with van der Waals surface area (Å²) >= 11 is 0. The van der Waals surface area contributed by atoms with Crippen LogP contribution in [0.1, 0.15) is 10.4 Å². The maximum Gasteiger partial charge on any atom is 0.341 e. The molecular weight excluding hydrogens is 484 g/mol. The number of carbonyl (C=O) groups is 2. The van der Waals surface area contributed by atoms with Crippen LogP contribution in [0.25, 0.3) is 10.8 Å². The van der Waals surface area contributed by atoms with E-state index in [1.807, 2.05) is 12.1 Å². The van der Waals surface area contributed by atoms with Crippen LogP contribution in [0.15, 0.2) is 89.8 Å². The van der Waals surface area contributed by atoms with Crippen molar-refractivity contribution in [3.05, 3.63) is 90.5 Å². The zero-order valence-corrected chi connectivity index (χ0v) is 20.2. The van der Waals surface area contributed by atoms with Gasteiger partial charge in [0.15, 0.2) is 5.75 Å². The minimum absolute atomic E-state index is 0.0712. The minimum Gasteiger partial charge on any atom is -0.497 e. The number of hydrogen-bond donors (Lipinski definition) is 2. The molecule has 184 valence electrons. The number of nitrogens with one attached hydrogen (secondary N) is 2. The van der Waals surface area contributed by atoms with Gasteiger partial charge in [0.25, 0.3) is 0 Å². The van der Waals surface area contributed by atoms with Crippen molar-refractivity contribution in [2.75, 3.05) is 24.9 Å². The summed E-state index contributed by atoms with van der Waals surface area (Å²) in [7, 11) is -1.58. The molecule has 4 rings (SSSR count). The number of carbonyl (C=O) groups excluding carboxylic acids is 2. The Balaban J connectivity index is 1.55. The number of rotatable bonds is 7. The molecule has 2 amide bonds. The number of benzene rings is 4.